The minimum absolute atomic E-state index is 0.0633. The fraction of sp³-hybridized carbons (Fsp3) is 0.625. The standard InChI is InChI=1S/C24H38O5/c1-3-20-21(23(27)18-22(20)26)17-16-19(25)14-12-10-8-6-5-7-9-11-13-15-24(28)29-4-2/h5-6,9-12,16-17,19-23,25-27H,3-4,7-8,13-15,18H2,1-2H3/b6-5-,11-9-,12-10-,17-16+/t19-,20-,21+,22-,23+/m0/s1. The van der Waals surface area contributed by atoms with E-state index >= 15 is 0 Å². The van der Waals surface area contributed by atoms with Crippen molar-refractivity contribution >= 4 is 5.97 Å². The molecular weight excluding hydrogens is 368 g/mol. The zero-order valence-corrected chi connectivity index (χ0v) is 17.8. The zero-order valence-electron chi connectivity index (χ0n) is 17.8. The first-order valence-corrected chi connectivity index (χ1v) is 10.8. The summed E-state index contributed by atoms with van der Waals surface area (Å²) in [6.07, 6.45) is 18.7. The lowest BCUT2D eigenvalue weighted by Crippen LogP contribution is -2.20. The van der Waals surface area contributed by atoms with Crippen LogP contribution in [0.25, 0.3) is 0 Å². The van der Waals surface area contributed by atoms with Crippen molar-refractivity contribution in [3.05, 3.63) is 48.6 Å². The predicted octanol–water partition coefficient (Wildman–Crippen LogP) is 3.85. The van der Waals surface area contributed by atoms with Gasteiger partial charge in [-0.1, -0.05) is 62.0 Å². The Morgan fingerprint density at radius 1 is 1.03 bits per heavy atom. The summed E-state index contributed by atoms with van der Waals surface area (Å²) < 4.78 is 4.86. The Morgan fingerprint density at radius 2 is 1.69 bits per heavy atom. The number of hydrogen-bond donors (Lipinski definition) is 3. The maximum Gasteiger partial charge on any atom is 0.306 e. The minimum Gasteiger partial charge on any atom is -0.466 e. The summed E-state index contributed by atoms with van der Waals surface area (Å²) in [7, 11) is 0. The van der Waals surface area contributed by atoms with Crippen LogP contribution in [0.5, 0.6) is 0 Å². The monoisotopic (exact) mass is 406 g/mol. The summed E-state index contributed by atoms with van der Waals surface area (Å²) in [6, 6.07) is 0. The SMILES string of the molecule is CCOC(=O)CC/C=C\C/C=C\C/C=C\C[C@H](O)/C=C/[C@@H]1[C@H](CC)[C@@H](O)C[C@H]1O. The number of aliphatic hydroxyl groups is 3. The second-order valence-corrected chi connectivity index (χ2v) is 7.44. The van der Waals surface area contributed by atoms with Crippen molar-refractivity contribution in [2.45, 2.75) is 77.1 Å². The van der Waals surface area contributed by atoms with Gasteiger partial charge in [-0.2, -0.15) is 0 Å². The van der Waals surface area contributed by atoms with Crippen LogP contribution in [0, 0.1) is 11.8 Å². The number of carbonyl (C=O) groups is 1. The molecule has 1 rings (SSSR count). The first kappa shape index (κ1) is 25.3. The number of allylic oxidation sites excluding steroid dienone is 5. The van der Waals surface area contributed by atoms with E-state index < -0.39 is 18.3 Å². The van der Waals surface area contributed by atoms with E-state index in [2.05, 4.69) is 12.2 Å². The lowest BCUT2D eigenvalue weighted by Gasteiger charge is -2.19. The highest BCUT2D eigenvalue weighted by atomic mass is 16.5. The van der Waals surface area contributed by atoms with Gasteiger partial charge in [-0.05, 0) is 38.5 Å². The van der Waals surface area contributed by atoms with Gasteiger partial charge in [0, 0.05) is 18.8 Å². The third-order valence-corrected chi connectivity index (χ3v) is 5.19. The van der Waals surface area contributed by atoms with Crippen molar-refractivity contribution in [2.24, 2.45) is 11.8 Å². The first-order valence-electron chi connectivity index (χ1n) is 10.8. The van der Waals surface area contributed by atoms with Gasteiger partial charge in [0.2, 0.25) is 0 Å². The second kappa shape index (κ2) is 15.2. The molecule has 0 amide bonds. The molecule has 5 heteroatoms. The van der Waals surface area contributed by atoms with Crippen LogP contribution < -0.4 is 0 Å². The first-order chi connectivity index (χ1) is 14.0. The van der Waals surface area contributed by atoms with Gasteiger partial charge in [-0.25, -0.2) is 0 Å². The van der Waals surface area contributed by atoms with Crippen LogP contribution in [-0.2, 0) is 9.53 Å². The molecule has 0 heterocycles. The lowest BCUT2D eigenvalue weighted by atomic mass is 9.90. The molecule has 0 aromatic heterocycles. The number of rotatable bonds is 13. The Kier molecular flexibility index (Phi) is 13.3. The van der Waals surface area contributed by atoms with E-state index in [1.165, 1.54) is 0 Å². The highest BCUT2D eigenvalue weighted by molar-refractivity contribution is 5.69. The van der Waals surface area contributed by atoms with Gasteiger partial charge in [-0.15, -0.1) is 0 Å². The van der Waals surface area contributed by atoms with Crippen molar-refractivity contribution in [2.75, 3.05) is 6.61 Å². The summed E-state index contributed by atoms with van der Waals surface area (Å²) in [6.45, 7) is 4.25. The topological polar surface area (TPSA) is 87.0 Å². The average molecular weight is 407 g/mol. The Hall–Kier alpha value is -1.69. The normalized spacial score (nSPS) is 26.4. The maximum atomic E-state index is 11.2. The van der Waals surface area contributed by atoms with Crippen LogP contribution in [0.4, 0.5) is 0 Å². The molecule has 3 N–H and O–H groups in total. The minimum atomic E-state index is -0.583. The predicted molar refractivity (Wildman–Crippen MR) is 116 cm³/mol. The molecule has 0 aromatic carbocycles. The summed E-state index contributed by atoms with van der Waals surface area (Å²) in [5.74, 6) is -0.174. The van der Waals surface area contributed by atoms with Gasteiger partial charge in [-0.3, -0.25) is 4.79 Å². The number of esters is 1. The Labute approximate surface area is 175 Å². The van der Waals surface area contributed by atoms with Crippen LogP contribution in [0.15, 0.2) is 48.6 Å². The van der Waals surface area contributed by atoms with Gasteiger partial charge in [0.1, 0.15) is 0 Å². The summed E-state index contributed by atoms with van der Waals surface area (Å²) in [4.78, 5) is 11.2. The zero-order chi connectivity index (χ0) is 21.5. The molecule has 0 aliphatic heterocycles. The molecule has 0 unspecified atom stereocenters. The Balaban J connectivity index is 2.17. The van der Waals surface area contributed by atoms with Gasteiger partial charge >= 0.3 is 5.97 Å². The maximum absolute atomic E-state index is 11.2. The summed E-state index contributed by atoms with van der Waals surface area (Å²) in [5.41, 5.74) is 0. The number of hydrogen-bond acceptors (Lipinski definition) is 5. The van der Waals surface area contributed by atoms with Crippen LogP contribution >= 0.6 is 0 Å². The number of carbonyl (C=O) groups excluding carboxylic acids is 1. The van der Waals surface area contributed by atoms with E-state index in [0.29, 0.717) is 32.3 Å². The molecule has 29 heavy (non-hydrogen) atoms. The molecule has 0 spiro atoms. The van der Waals surface area contributed by atoms with E-state index in [1.807, 2.05) is 37.3 Å². The second-order valence-electron chi connectivity index (χ2n) is 7.44. The van der Waals surface area contributed by atoms with Crippen molar-refractivity contribution in [3.8, 4) is 0 Å². The van der Waals surface area contributed by atoms with Gasteiger partial charge < -0.3 is 20.1 Å². The van der Waals surface area contributed by atoms with Crippen LogP contribution in [0.3, 0.4) is 0 Å². The molecule has 5 nitrogen and oxygen atoms in total. The molecule has 0 bridgehead atoms. The van der Waals surface area contributed by atoms with E-state index in [4.69, 9.17) is 4.74 Å². The third-order valence-electron chi connectivity index (χ3n) is 5.19. The fourth-order valence-corrected chi connectivity index (χ4v) is 3.60. The number of ether oxygens (including phenoxy) is 1. The molecule has 1 aliphatic rings. The Bertz CT molecular complexity index is 564. The van der Waals surface area contributed by atoms with Crippen molar-refractivity contribution in [1.29, 1.82) is 0 Å². The van der Waals surface area contributed by atoms with Crippen LogP contribution in [0.1, 0.15) is 58.8 Å². The van der Waals surface area contributed by atoms with Crippen molar-refractivity contribution in [1.82, 2.24) is 0 Å². The molecule has 0 aromatic rings. The van der Waals surface area contributed by atoms with Crippen molar-refractivity contribution < 1.29 is 24.9 Å². The molecule has 0 radical (unpaired) electrons. The molecule has 1 saturated carbocycles. The number of aliphatic hydroxyl groups excluding tert-OH is 3. The molecule has 1 aliphatic carbocycles. The summed E-state index contributed by atoms with van der Waals surface area (Å²) in [5, 5.41) is 30.1. The average Bonchev–Trinajstić information content (AvgIpc) is 2.96. The Morgan fingerprint density at radius 3 is 2.34 bits per heavy atom. The lowest BCUT2D eigenvalue weighted by molar-refractivity contribution is -0.143. The van der Waals surface area contributed by atoms with Gasteiger partial charge in [0.05, 0.1) is 24.9 Å². The molecule has 5 atom stereocenters. The van der Waals surface area contributed by atoms with Gasteiger partial charge in [0.25, 0.3) is 0 Å². The highest BCUT2D eigenvalue weighted by Crippen LogP contribution is 2.35. The largest absolute Gasteiger partial charge is 0.466 e. The van der Waals surface area contributed by atoms with Gasteiger partial charge in [0.15, 0.2) is 0 Å². The van der Waals surface area contributed by atoms with E-state index in [9.17, 15) is 20.1 Å². The fourth-order valence-electron chi connectivity index (χ4n) is 3.60. The van der Waals surface area contributed by atoms with E-state index in [-0.39, 0.29) is 17.8 Å². The molecule has 0 saturated heterocycles. The van der Waals surface area contributed by atoms with Crippen molar-refractivity contribution in [3.63, 3.8) is 0 Å². The van der Waals surface area contributed by atoms with Crippen LogP contribution in [-0.4, -0.2) is 46.2 Å². The summed E-state index contributed by atoms with van der Waals surface area (Å²) >= 11 is 0. The highest BCUT2D eigenvalue weighted by Gasteiger charge is 2.38. The third kappa shape index (κ3) is 10.6. The molecular formula is C24H38O5. The van der Waals surface area contributed by atoms with Crippen LogP contribution in [0.2, 0.25) is 0 Å². The molecule has 164 valence electrons. The van der Waals surface area contributed by atoms with E-state index in [1.54, 1.807) is 13.0 Å². The molecule has 1 fully saturated rings. The quantitative estimate of drug-likeness (QED) is 0.319. The smallest absolute Gasteiger partial charge is 0.306 e. The van der Waals surface area contributed by atoms with E-state index in [0.717, 1.165) is 19.3 Å².